The van der Waals surface area contributed by atoms with Crippen LogP contribution in [0.2, 0.25) is 0 Å². The van der Waals surface area contributed by atoms with Crippen molar-refractivity contribution in [1.29, 1.82) is 0 Å². The molecule has 2 aromatic carbocycles. The van der Waals surface area contributed by atoms with Crippen LogP contribution in [0.1, 0.15) is 55.2 Å². The number of methoxy groups -OCH3 is 2. The van der Waals surface area contributed by atoms with E-state index in [2.05, 4.69) is 10.3 Å². The summed E-state index contributed by atoms with van der Waals surface area (Å²) in [6, 6.07) is 7.14. The zero-order chi connectivity index (χ0) is 26.1. The van der Waals surface area contributed by atoms with E-state index in [-0.39, 0.29) is 11.4 Å². The Morgan fingerprint density at radius 2 is 1.86 bits per heavy atom. The molecule has 0 spiro atoms. The highest BCUT2D eigenvalue weighted by Gasteiger charge is 2.42. The third kappa shape index (κ3) is 5.76. The summed E-state index contributed by atoms with van der Waals surface area (Å²) >= 11 is 0. The van der Waals surface area contributed by atoms with E-state index in [4.69, 9.17) is 9.47 Å². The van der Waals surface area contributed by atoms with Crippen LogP contribution in [0, 0.1) is 5.92 Å². The Balaban J connectivity index is 1.87. The van der Waals surface area contributed by atoms with Crippen LogP contribution in [0.15, 0.2) is 35.3 Å². The van der Waals surface area contributed by atoms with E-state index in [0.717, 1.165) is 12.7 Å². The maximum Gasteiger partial charge on any atom is 0.418 e. The molecule has 190 valence electrons. The van der Waals surface area contributed by atoms with Crippen LogP contribution in [0.4, 0.5) is 23.7 Å². The molecule has 35 heavy (non-hydrogen) atoms. The number of carbonyl (C=O) groups excluding carboxylic acids is 1. The van der Waals surface area contributed by atoms with Gasteiger partial charge in [0.2, 0.25) is 0 Å². The largest absolute Gasteiger partial charge is 0.497 e. The number of aliphatic imine (C=N–C) groups is 1. The number of aliphatic hydroxyl groups excluding tert-OH is 2. The summed E-state index contributed by atoms with van der Waals surface area (Å²) in [5.74, 6) is -0.131. The second-order valence-corrected chi connectivity index (χ2v) is 9.43. The highest BCUT2D eigenvalue weighted by Crippen LogP contribution is 2.43. The van der Waals surface area contributed by atoms with Crippen LogP contribution in [0.3, 0.4) is 0 Å². The molecule has 10 heteroatoms. The van der Waals surface area contributed by atoms with Gasteiger partial charge in [0.25, 0.3) is 0 Å². The molecule has 0 saturated heterocycles. The molecular weight excluding hydrogens is 465 g/mol. The molecular formula is C25H29F3N2O5. The fourth-order valence-electron chi connectivity index (χ4n) is 4.00. The number of nitrogens with zero attached hydrogens (tertiary/aromatic N) is 1. The molecule has 0 heterocycles. The minimum Gasteiger partial charge on any atom is -0.497 e. The van der Waals surface area contributed by atoms with Crippen molar-refractivity contribution in [2.75, 3.05) is 19.5 Å². The van der Waals surface area contributed by atoms with Crippen LogP contribution in [-0.2, 0) is 11.8 Å². The first-order valence-corrected chi connectivity index (χ1v) is 10.9. The smallest absolute Gasteiger partial charge is 0.418 e. The molecule has 1 unspecified atom stereocenters. The lowest BCUT2D eigenvalue weighted by molar-refractivity contribution is -0.207. The molecule has 0 saturated carbocycles. The number of hydrogen-bond donors (Lipinski definition) is 3. The molecule has 7 nitrogen and oxygen atoms in total. The third-order valence-corrected chi connectivity index (χ3v) is 5.95. The molecule has 3 rings (SSSR count). The monoisotopic (exact) mass is 494 g/mol. The number of hydrogen-bond acceptors (Lipinski definition) is 5. The highest BCUT2D eigenvalue weighted by molar-refractivity contribution is 5.96. The van der Waals surface area contributed by atoms with E-state index in [9.17, 15) is 28.2 Å². The van der Waals surface area contributed by atoms with Gasteiger partial charge in [-0.25, -0.2) is 9.79 Å². The summed E-state index contributed by atoms with van der Waals surface area (Å²) in [5.41, 5.74) is 0.886. The first kappa shape index (κ1) is 26.5. The maximum atomic E-state index is 13.3. The van der Waals surface area contributed by atoms with Crippen molar-refractivity contribution in [2.45, 2.75) is 51.0 Å². The van der Waals surface area contributed by atoms with Gasteiger partial charge in [-0.2, -0.15) is 13.2 Å². The quantitative estimate of drug-likeness (QED) is 0.502. The Kier molecular flexibility index (Phi) is 7.47. The van der Waals surface area contributed by atoms with Crippen LogP contribution < -0.4 is 14.8 Å². The SMILES string of the molecule is COc1ccc2c(c1)CC(C=NC(=O)Nc1cc(C(C)(C)C)cc([C@@H](O)C(F)(F)F)c1OC)[C@@H]2O. The number of urea groups is 1. The van der Waals surface area contributed by atoms with Crippen molar-refractivity contribution >= 4 is 17.9 Å². The average Bonchev–Trinajstić information content (AvgIpc) is 3.10. The van der Waals surface area contributed by atoms with Crippen molar-refractivity contribution in [3.05, 3.63) is 52.6 Å². The minimum atomic E-state index is -4.93. The number of halogens is 3. The summed E-state index contributed by atoms with van der Waals surface area (Å²) in [6.45, 7) is 5.36. The van der Waals surface area contributed by atoms with Gasteiger partial charge >= 0.3 is 12.2 Å². The second-order valence-electron chi connectivity index (χ2n) is 9.43. The predicted octanol–water partition coefficient (Wildman–Crippen LogP) is 5.11. The van der Waals surface area contributed by atoms with Gasteiger partial charge in [0.15, 0.2) is 6.10 Å². The summed E-state index contributed by atoms with van der Waals surface area (Å²) in [5, 5.41) is 23.0. The number of aliphatic hydroxyl groups is 2. The third-order valence-electron chi connectivity index (χ3n) is 5.95. The Labute approximate surface area is 201 Å². The van der Waals surface area contributed by atoms with Gasteiger partial charge in [-0.15, -0.1) is 0 Å². The number of benzene rings is 2. The van der Waals surface area contributed by atoms with Gasteiger partial charge in [0.05, 0.1) is 26.0 Å². The van der Waals surface area contributed by atoms with Crippen molar-refractivity contribution in [3.8, 4) is 11.5 Å². The zero-order valence-electron chi connectivity index (χ0n) is 20.1. The number of alkyl halides is 3. The first-order valence-electron chi connectivity index (χ1n) is 10.9. The highest BCUT2D eigenvalue weighted by atomic mass is 19.4. The van der Waals surface area contributed by atoms with Gasteiger partial charge in [0, 0.05) is 17.7 Å². The molecule has 3 atom stereocenters. The van der Waals surface area contributed by atoms with Crippen LogP contribution in [0.5, 0.6) is 11.5 Å². The average molecular weight is 495 g/mol. The molecule has 0 bridgehead atoms. The van der Waals surface area contributed by atoms with Crippen LogP contribution in [-0.4, -0.2) is 42.9 Å². The van der Waals surface area contributed by atoms with Gasteiger partial charge < -0.3 is 25.0 Å². The van der Waals surface area contributed by atoms with E-state index in [1.54, 1.807) is 40.0 Å². The van der Waals surface area contributed by atoms with E-state index < -0.39 is 41.3 Å². The fourth-order valence-corrected chi connectivity index (χ4v) is 4.00. The Morgan fingerprint density at radius 3 is 2.43 bits per heavy atom. The molecule has 1 aliphatic carbocycles. The lowest BCUT2D eigenvalue weighted by Crippen LogP contribution is -2.23. The second kappa shape index (κ2) is 9.87. The number of amides is 2. The Morgan fingerprint density at radius 1 is 1.17 bits per heavy atom. The first-order chi connectivity index (χ1) is 16.3. The maximum absolute atomic E-state index is 13.3. The molecule has 0 aliphatic heterocycles. The molecule has 3 N–H and O–H groups in total. The summed E-state index contributed by atoms with van der Waals surface area (Å²) < 4.78 is 50.3. The van der Waals surface area contributed by atoms with Crippen molar-refractivity contribution in [1.82, 2.24) is 0 Å². The van der Waals surface area contributed by atoms with E-state index in [1.165, 1.54) is 18.3 Å². The number of fused-ring (bicyclic) bond motifs is 1. The lowest BCUT2D eigenvalue weighted by atomic mass is 9.84. The van der Waals surface area contributed by atoms with E-state index in [0.29, 0.717) is 23.3 Å². The van der Waals surface area contributed by atoms with Crippen LogP contribution >= 0.6 is 0 Å². The topological polar surface area (TPSA) is 100 Å². The van der Waals surface area contributed by atoms with Crippen molar-refractivity contribution < 1.29 is 37.7 Å². The molecule has 0 aromatic heterocycles. The van der Waals surface area contributed by atoms with Crippen molar-refractivity contribution in [2.24, 2.45) is 10.9 Å². The van der Waals surface area contributed by atoms with Crippen LogP contribution in [0.25, 0.3) is 0 Å². The van der Waals surface area contributed by atoms with Gasteiger partial charge in [-0.3, -0.25) is 0 Å². The predicted molar refractivity (Wildman–Crippen MR) is 125 cm³/mol. The minimum absolute atomic E-state index is 0.0552. The zero-order valence-corrected chi connectivity index (χ0v) is 20.1. The molecule has 0 fully saturated rings. The number of carbonyl (C=O) groups is 1. The summed E-state index contributed by atoms with van der Waals surface area (Å²) in [6.07, 6.45) is -6.84. The number of ether oxygens (including phenoxy) is 2. The Hall–Kier alpha value is -3.11. The number of rotatable bonds is 5. The normalized spacial score (nSPS) is 18.9. The number of nitrogens with one attached hydrogen (secondary N) is 1. The fraction of sp³-hybridized carbons (Fsp3) is 0.440. The lowest BCUT2D eigenvalue weighted by Gasteiger charge is -2.25. The summed E-state index contributed by atoms with van der Waals surface area (Å²) in [7, 11) is 2.69. The van der Waals surface area contributed by atoms with E-state index >= 15 is 0 Å². The molecule has 1 aliphatic rings. The number of anilines is 1. The van der Waals surface area contributed by atoms with E-state index in [1.807, 2.05) is 6.07 Å². The Bertz CT molecular complexity index is 1130. The standard InChI is InChI=1S/C25H29F3N2O5/c1-24(2,3)15-10-18(22(32)25(26,27)28)21(35-5)19(11-15)30-23(33)29-12-14-8-13-9-16(34-4)6-7-17(13)20(14)31/h6-7,9-12,14,20,22,31-32H,8H2,1-5H3,(H,30,33)/t14?,20-,22+/m0/s1. The molecule has 2 aromatic rings. The van der Waals surface area contributed by atoms with Gasteiger partial charge in [-0.1, -0.05) is 26.8 Å². The summed E-state index contributed by atoms with van der Waals surface area (Å²) in [4.78, 5) is 16.5. The molecule has 0 radical (unpaired) electrons. The van der Waals surface area contributed by atoms with Gasteiger partial charge in [0.1, 0.15) is 11.5 Å². The van der Waals surface area contributed by atoms with Gasteiger partial charge in [-0.05, 0) is 52.8 Å². The van der Waals surface area contributed by atoms with Crippen molar-refractivity contribution in [3.63, 3.8) is 0 Å². The molecule has 2 amide bonds.